The molecule has 1 aromatic carbocycles. The lowest BCUT2D eigenvalue weighted by Crippen LogP contribution is -2.30. The molecule has 0 spiro atoms. The molecular weight excluding hydrogens is 275 g/mol. The van der Waals surface area contributed by atoms with E-state index in [1.54, 1.807) is 12.1 Å². The Balaban J connectivity index is 2.55. The second-order valence-electron chi connectivity index (χ2n) is 4.04. The zero-order valence-corrected chi connectivity index (χ0v) is 11.8. The lowest BCUT2D eigenvalue weighted by molar-refractivity contribution is -0.274. The van der Waals surface area contributed by atoms with E-state index in [4.69, 9.17) is 0 Å². The number of hydrogen-bond acceptors (Lipinski definition) is 3. The molecule has 0 aliphatic carbocycles. The molecule has 0 saturated heterocycles. The monoisotopic (exact) mass is 293 g/mol. The van der Waals surface area contributed by atoms with Gasteiger partial charge in [-0.25, -0.2) is 0 Å². The van der Waals surface area contributed by atoms with Gasteiger partial charge in [-0.2, -0.15) is 11.8 Å². The summed E-state index contributed by atoms with van der Waals surface area (Å²) in [4.78, 5) is 0. The fourth-order valence-corrected chi connectivity index (χ4v) is 2.42. The number of hydrogen-bond donors (Lipinski definition) is 1. The van der Waals surface area contributed by atoms with Crippen LogP contribution in [-0.4, -0.2) is 31.0 Å². The van der Waals surface area contributed by atoms with E-state index in [0.29, 0.717) is 6.04 Å². The minimum Gasteiger partial charge on any atom is -0.406 e. The topological polar surface area (TPSA) is 21.3 Å². The maximum Gasteiger partial charge on any atom is 0.573 e. The first-order valence-corrected chi connectivity index (χ1v) is 7.19. The van der Waals surface area contributed by atoms with Gasteiger partial charge in [-0.15, -0.1) is 13.2 Å². The molecule has 0 bridgehead atoms. The lowest BCUT2D eigenvalue weighted by atomic mass is 10.1. The van der Waals surface area contributed by atoms with E-state index in [1.807, 2.05) is 18.8 Å². The summed E-state index contributed by atoms with van der Waals surface area (Å²) in [5.74, 6) is 1.85. The molecular formula is C13H18F3NOS. The fraction of sp³-hybridized carbons (Fsp3) is 0.538. The Morgan fingerprint density at radius 3 is 2.37 bits per heavy atom. The molecule has 0 heterocycles. The highest BCUT2D eigenvalue weighted by atomic mass is 32.2. The second-order valence-corrected chi connectivity index (χ2v) is 5.36. The van der Waals surface area contributed by atoms with Crippen molar-refractivity contribution >= 4 is 11.8 Å². The first-order chi connectivity index (χ1) is 8.94. The molecule has 0 amide bonds. The van der Waals surface area contributed by atoms with Gasteiger partial charge in [-0.1, -0.05) is 19.1 Å². The third kappa shape index (κ3) is 6.73. The summed E-state index contributed by atoms with van der Waals surface area (Å²) in [6.45, 7) is 2.10. The summed E-state index contributed by atoms with van der Waals surface area (Å²) < 4.78 is 39.9. The average molecular weight is 293 g/mol. The third-order valence-corrected chi connectivity index (χ3v) is 3.62. The first kappa shape index (κ1) is 16.2. The number of benzene rings is 1. The number of alkyl halides is 3. The molecule has 1 atom stereocenters. The van der Waals surface area contributed by atoms with E-state index in [0.717, 1.165) is 23.5 Å². The van der Waals surface area contributed by atoms with Gasteiger partial charge in [-0.05, 0) is 36.9 Å². The van der Waals surface area contributed by atoms with Crippen molar-refractivity contribution in [3.63, 3.8) is 0 Å². The Kier molecular flexibility index (Phi) is 6.51. The normalized spacial score (nSPS) is 13.3. The summed E-state index contributed by atoms with van der Waals surface area (Å²) >= 11 is 1.84. The largest absolute Gasteiger partial charge is 0.573 e. The quantitative estimate of drug-likeness (QED) is 0.832. The zero-order valence-electron chi connectivity index (χ0n) is 11.0. The van der Waals surface area contributed by atoms with Crippen LogP contribution in [0.4, 0.5) is 13.2 Å². The maximum absolute atomic E-state index is 12.0. The van der Waals surface area contributed by atoms with E-state index >= 15 is 0 Å². The molecule has 0 saturated carbocycles. The lowest BCUT2D eigenvalue weighted by Gasteiger charge is -2.16. The number of nitrogens with one attached hydrogen (secondary N) is 1. The van der Waals surface area contributed by atoms with Gasteiger partial charge in [-0.3, -0.25) is 0 Å². The van der Waals surface area contributed by atoms with Crippen LogP contribution in [0.2, 0.25) is 0 Å². The van der Waals surface area contributed by atoms with Crippen molar-refractivity contribution in [3.8, 4) is 5.75 Å². The minimum atomic E-state index is -4.63. The molecule has 1 rings (SSSR count). The SMILES string of the molecule is CCSCC(Cc1ccc(OC(F)(F)F)cc1)NC. The van der Waals surface area contributed by atoms with E-state index in [2.05, 4.69) is 17.0 Å². The van der Waals surface area contributed by atoms with Crippen molar-refractivity contribution < 1.29 is 17.9 Å². The molecule has 19 heavy (non-hydrogen) atoms. The Morgan fingerprint density at radius 2 is 1.89 bits per heavy atom. The van der Waals surface area contributed by atoms with Crippen LogP contribution in [0.25, 0.3) is 0 Å². The van der Waals surface area contributed by atoms with Crippen LogP contribution >= 0.6 is 11.8 Å². The summed E-state index contributed by atoms with van der Waals surface area (Å²) in [5, 5.41) is 3.21. The van der Waals surface area contributed by atoms with Gasteiger partial charge < -0.3 is 10.1 Å². The summed E-state index contributed by atoms with van der Waals surface area (Å²) in [7, 11) is 1.89. The number of ether oxygens (including phenoxy) is 1. The van der Waals surface area contributed by atoms with Crippen LogP contribution < -0.4 is 10.1 Å². The van der Waals surface area contributed by atoms with Crippen LogP contribution in [0.3, 0.4) is 0 Å². The van der Waals surface area contributed by atoms with Crippen molar-refractivity contribution in [3.05, 3.63) is 29.8 Å². The fourth-order valence-electron chi connectivity index (χ4n) is 1.62. The minimum absolute atomic E-state index is 0.180. The predicted molar refractivity (Wildman–Crippen MR) is 72.7 cm³/mol. The van der Waals surface area contributed by atoms with Gasteiger partial charge in [0, 0.05) is 11.8 Å². The number of rotatable bonds is 7. The summed E-state index contributed by atoms with van der Waals surface area (Å²) in [5.41, 5.74) is 0.991. The second kappa shape index (κ2) is 7.65. The zero-order chi connectivity index (χ0) is 14.3. The smallest absolute Gasteiger partial charge is 0.406 e. The molecule has 0 fully saturated rings. The van der Waals surface area contributed by atoms with Crippen molar-refractivity contribution in [1.82, 2.24) is 5.32 Å². The Hall–Kier alpha value is -0.880. The number of likely N-dealkylation sites (N-methyl/N-ethyl adjacent to an activating group) is 1. The highest BCUT2D eigenvalue weighted by Crippen LogP contribution is 2.23. The highest BCUT2D eigenvalue weighted by molar-refractivity contribution is 7.99. The maximum atomic E-state index is 12.0. The summed E-state index contributed by atoms with van der Waals surface area (Å²) in [6, 6.07) is 6.36. The molecule has 0 aromatic heterocycles. The molecule has 1 aromatic rings. The molecule has 0 radical (unpaired) electrons. The van der Waals surface area contributed by atoms with Crippen LogP contribution in [0.5, 0.6) is 5.75 Å². The van der Waals surface area contributed by atoms with Crippen LogP contribution in [-0.2, 0) is 6.42 Å². The van der Waals surface area contributed by atoms with Gasteiger partial charge in [0.25, 0.3) is 0 Å². The van der Waals surface area contributed by atoms with Crippen LogP contribution in [0.1, 0.15) is 12.5 Å². The molecule has 6 heteroatoms. The highest BCUT2D eigenvalue weighted by Gasteiger charge is 2.30. The molecule has 108 valence electrons. The molecule has 1 N–H and O–H groups in total. The van der Waals surface area contributed by atoms with Gasteiger partial charge in [0.1, 0.15) is 5.75 Å². The van der Waals surface area contributed by atoms with E-state index in [-0.39, 0.29) is 5.75 Å². The number of thioether (sulfide) groups is 1. The number of halogens is 3. The van der Waals surface area contributed by atoms with Crippen molar-refractivity contribution in [2.45, 2.75) is 25.7 Å². The van der Waals surface area contributed by atoms with Gasteiger partial charge in [0.2, 0.25) is 0 Å². The van der Waals surface area contributed by atoms with E-state index in [9.17, 15) is 13.2 Å². The molecule has 1 unspecified atom stereocenters. The third-order valence-electron chi connectivity index (χ3n) is 2.57. The van der Waals surface area contributed by atoms with Crippen molar-refractivity contribution in [1.29, 1.82) is 0 Å². The predicted octanol–water partition coefficient (Wildman–Crippen LogP) is 3.47. The van der Waals surface area contributed by atoms with Gasteiger partial charge in [0.05, 0.1) is 0 Å². The van der Waals surface area contributed by atoms with Crippen molar-refractivity contribution in [2.24, 2.45) is 0 Å². The molecule has 0 aliphatic rings. The Morgan fingerprint density at radius 1 is 1.26 bits per heavy atom. The van der Waals surface area contributed by atoms with E-state index in [1.165, 1.54) is 12.1 Å². The Labute approximate surface area is 115 Å². The summed E-state index contributed by atoms with van der Waals surface area (Å²) in [6.07, 6.45) is -3.84. The van der Waals surface area contributed by atoms with Crippen LogP contribution in [0.15, 0.2) is 24.3 Å². The van der Waals surface area contributed by atoms with Gasteiger partial charge >= 0.3 is 6.36 Å². The van der Waals surface area contributed by atoms with E-state index < -0.39 is 6.36 Å². The van der Waals surface area contributed by atoms with Gasteiger partial charge in [0.15, 0.2) is 0 Å². The first-order valence-electron chi connectivity index (χ1n) is 6.04. The average Bonchev–Trinajstić information content (AvgIpc) is 2.34. The van der Waals surface area contributed by atoms with Crippen molar-refractivity contribution in [2.75, 3.05) is 18.6 Å². The standard InChI is InChI=1S/C13H18F3NOS/c1-3-19-9-11(17-2)8-10-4-6-12(7-5-10)18-13(14,15)16/h4-7,11,17H,3,8-9H2,1-2H3. The molecule has 0 aliphatic heterocycles. The Bertz CT molecular complexity index is 367. The molecule has 2 nitrogen and oxygen atoms in total. The van der Waals surface area contributed by atoms with Crippen LogP contribution in [0, 0.1) is 0 Å².